The molecule has 2 N–H and O–H groups in total. The number of nitrogens with zero attached hydrogens (tertiary/aromatic N) is 3. The molecule has 1 aromatic carbocycles. The topological polar surface area (TPSA) is 96.3 Å². The number of carbonyl (C=O) groups excluding carboxylic acids is 1. The Kier molecular flexibility index (Phi) is 7.11. The number of sulfonamides is 1. The summed E-state index contributed by atoms with van der Waals surface area (Å²) in [5.74, 6) is -2.18. The number of hydrogen-bond donors (Lipinski definition) is 2. The number of halogens is 2. The molecule has 2 aromatic rings. The first-order valence-electron chi connectivity index (χ1n) is 12.6. The van der Waals surface area contributed by atoms with E-state index in [4.69, 9.17) is 4.98 Å². The number of anilines is 1. The van der Waals surface area contributed by atoms with Gasteiger partial charge in [0.1, 0.15) is 5.82 Å². The predicted octanol–water partition coefficient (Wildman–Crippen LogP) is 3.75. The Bertz CT molecular complexity index is 1220. The molecule has 2 fully saturated rings. The number of benzene rings is 1. The molecule has 1 atom stereocenters. The molecule has 0 aliphatic heterocycles. The number of imidazole rings is 1. The maximum absolute atomic E-state index is 13.7. The second kappa shape index (κ2) is 9.55. The SMILES string of the molecule is CNC(C(=O)NC1CC1)S(=O)(=O)N(C)c1ccc2c(c1)nc(C(C)(C)C)n2CC1CCC(F)(F)CC1. The number of carbonyl (C=O) groups is 1. The summed E-state index contributed by atoms with van der Waals surface area (Å²) >= 11 is 0. The van der Waals surface area contributed by atoms with Gasteiger partial charge in [0, 0.05) is 37.9 Å². The Balaban J connectivity index is 1.64. The molecule has 1 unspecified atom stereocenters. The van der Waals surface area contributed by atoms with Crippen molar-refractivity contribution < 1.29 is 22.0 Å². The van der Waals surface area contributed by atoms with E-state index in [1.807, 2.05) is 26.8 Å². The first-order chi connectivity index (χ1) is 16.7. The van der Waals surface area contributed by atoms with E-state index in [0.717, 1.165) is 28.5 Å². The molecule has 8 nitrogen and oxygen atoms in total. The summed E-state index contributed by atoms with van der Waals surface area (Å²) in [4.78, 5) is 17.4. The van der Waals surface area contributed by atoms with Crippen molar-refractivity contribution in [3.63, 3.8) is 0 Å². The molecule has 1 amide bonds. The highest BCUT2D eigenvalue weighted by atomic mass is 32.2. The van der Waals surface area contributed by atoms with E-state index in [1.54, 1.807) is 12.1 Å². The van der Waals surface area contributed by atoms with Crippen molar-refractivity contribution in [3.05, 3.63) is 24.0 Å². The van der Waals surface area contributed by atoms with Crippen molar-refractivity contribution in [2.45, 2.75) is 88.6 Å². The van der Waals surface area contributed by atoms with Gasteiger partial charge >= 0.3 is 0 Å². The summed E-state index contributed by atoms with van der Waals surface area (Å²) in [5, 5.41) is 3.97. The largest absolute Gasteiger partial charge is 0.351 e. The van der Waals surface area contributed by atoms with Crippen molar-refractivity contribution in [2.75, 3.05) is 18.4 Å². The third kappa shape index (κ3) is 5.51. The fraction of sp³-hybridized carbons (Fsp3) is 0.680. The second-order valence-corrected chi connectivity index (χ2v) is 13.3. The van der Waals surface area contributed by atoms with E-state index in [2.05, 4.69) is 15.2 Å². The molecule has 2 aliphatic rings. The molecule has 2 aliphatic carbocycles. The Labute approximate surface area is 211 Å². The number of alkyl halides is 2. The molecule has 0 spiro atoms. The van der Waals surface area contributed by atoms with Crippen molar-refractivity contribution in [3.8, 4) is 0 Å². The van der Waals surface area contributed by atoms with Gasteiger partial charge in [-0.05, 0) is 56.8 Å². The van der Waals surface area contributed by atoms with Crippen LogP contribution >= 0.6 is 0 Å². The monoisotopic (exact) mass is 525 g/mol. The van der Waals surface area contributed by atoms with E-state index < -0.39 is 27.2 Å². The number of rotatable bonds is 8. The predicted molar refractivity (Wildman–Crippen MR) is 137 cm³/mol. The lowest BCUT2D eigenvalue weighted by atomic mass is 9.86. The number of fused-ring (bicyclic) bond motifs is 1. The molecule has 4 rings (SSSR count). The van der Waals surface area contributed by atoms with Crippen LogP contribution in [0.5, 0.6) is 0 Å². The summed E-state index contributed by atoms with van der Waals surface area (Å²) in [6.07, 6.45) is 2.45. The Morgan fingerprint density at radius 1 is 1.22 bits per heavy atom. The minimum atomic E-state index is -4.05. The highest BCUT2D eigenvalue weighted by Crippen LogP contribution is 2.38. The first kappa shape index (κ1) is 26.8. The molecule has 200 valence electrons. The summed E-state index contributed by atoms with van der Waals surface area (Å²) in [6, 6.07) is 5.28. The molecular weight excluding hydrogens is 488 g/mol. The number of likely N-dealkylation sites (N-methyl/N-ethyl adjacent to an activating group) is 1. The first-order valence-corrected chi connectivity index (χ1v) is 14.1. The number of amides is 1. The van der Waals surface area contributed by atoms with Crippen LogP contribution in [0.2, 0.25) is 0 Å². The third-order valence-corrected chi connectivity index (χ3v) is 9.17. The Morgan fingerprint density at radius 2 is 1.86 bits per heavy atom. The molecule has 1 aromatic heterocycles. The molecule has 0 saturated heterocycles. The molecule has 36 heavy (non-hydrogen) atoms. The smallest absolute Gasteiger partial charge is 0.260 e. The summed E-state index contributed by atoms with van der Waals surface area (Å²) < 4.78 is 57.2. The van der Waals surface area contributed by atoms with Crippen LogP contribution in [0.4, 0.5) is 14.5 Å². The standard InChI is InChI=1S/C25H37F2N5O3S/c1-24(2,3)23-30-19-14-18(31(5)36(34,35)22(28-4)21(33)29-17-6-7-17)8-9-20(19)32(23)15-16-10-12-25(26,27)13-11-16/h8-9,14,16-17,22,28H,6-7,10-13,15H2,1-5H3,(H,29,33). The van der Waals surface area contributed by atoms with Crippen molar-refractivity contribution in [1.82, 2.24) is 20.2 Å². The van der Waals surface area contributed by atoms with Gasteiger partial charge in [-0.15, -0.1) is 0 Å². The quantitative estimate of drug-likeness (QED) is 0.547. The lowest BCUT2D eigenvalue weighted by molar-refractivity contribution is -0.121. The van der Waals surface area contributed by atoms with Crippen LogP contribution in [-0.2, 0) is 26.8 Å². The normalized spacial score (nSPS) is 19.9. The van der Waals surface area contributed by atoms with Gasteiger partial charge < -0.3 is 9.88 Å². The average molecular weight is 526 g/mol. The van der Waals surface area contributed by atoms with Crippen molar-refractivity contribution in [1.29, 1.82) is 0 Å². The zero-order valence-corrected chi connectivity index (χ0v) is 22.5. The van der Waals surface area contributed by atoms with Crippen LogP contribution in [0, 0.1) is 5.92 Å². The van der Waals surface area contributed by atoms with E-state index in [-0.39, 0.29) is 30.2 Å². The van der Waals surface area contributed by atoms with Crippen LogP contribution in [0.3, 0.4) is 0 Å². The number of aromatic nitrogens is 2. The molecule has 1 heterocycles. The maximum Gasteiger partial charge on any atom is 0.260 e. The van der Waals surface area contributed by atoms with Crippen LogP contribution in [0.1, 0.15) is 65.1 Å². The van der Waals surface area contributed by atoms with E-state index in [1.165, 1.54) is 14.1 Å². The highest BCUT2D eigenvalue weighted by Gasteiger charge is 2.38. The van der Waals surface area contributed by atoms with Gasteiger partial charge in [-0.1, -0.05) is 20.8 Å². The zero-order valence-electron chi connectivity index (χ0n) is 21.6. The molecule has 0 bridgehead atoms. The maximum atomic E-state index is 13.7. The molecular formula is C25H37F2N5O3S. The second-order valence-electron chi connectivity index (χ2n) is 11.2. The highest BCUT2D eigenvalue weighted by molar-refractivity contribution is 7.94. The molecule has 0 radical (unpaired) electrons. The molecule has 11 heteroatoms. The number of nitrogens with one attached hydrogen (secondary N) is 2. The van der Waals surface area contributed by atoms with Crippen LogP contribution < -0.4 is 14.9 Å². The number of hydrogen-bond acceptors (Lipinski definition) is 5. The summed E-state index contributed by atoms with van der Waals surface area (Å²) in [7, 11) is -1.18. The van der Waals surface area contributed by atoms with Gasteiger partial charge in [-0.2, -0.15) is 0 Å². The van der Waals surface area contributed by atoms with Crippen LogP contribution in [0.25, 0.3) is 11.0 Å². The lowest BCUT2D eigenvalue weighted by Crippen LogP contribution is -2.53. The van der Waals surface area contributed by atoms with Gasteiger partial charge in [0.05, 0.1) is 16.7 Å². The summed E-state index contributed by atoms with van der Waals surface area (Å²) in [6.45, 7) is 6.74. The van der Waals surface area contributed by atoms with E-state index >= 15 is 0 Å². The fourth-order valence-corrected chi connectivity index (χ4v) is 6.20. The minimum absolute atomic E-state index is 0.0420. The van der Waals surface area contributed by atoms with Gasteiger partial charge in [-0.25, -0.2) is 22.2 Å². The van der Waals surface area contributed by atoms with Crippen molar-refractivity contribution in [2.24, 2.45) is 5.92 Å². The van der Waals surface area contributed by atoms with Crippen LogP contribution in [-0.4, -0.2) is 55.3 Å². The Hall–Kier alpha value is -2.27. The van der Waals surface area contributed by atoms with Crippen molar-refractivity contribution >= 4 is 32.7 Å². The molecule has 2 saturated carbocycles. The van der Waals surface area contributed by atoms with Gasteiger partial charge in [0.25, 0.3) is 15.9 Å². The van der Waals surface area contributed by atoms with Gasteiger partial charge in [0.15, 0.2) is 0 Å². The minimum Gasteiger partial charge on any atom is -0.351 e. The lowest BCUT2D eigenvalue weighted by Gasteiger charge is -2.30. The van der Waals surface area contributed by atoms with E-state index in [0.29, 0.717) is 30.6 Å². The fourth-order valence-electron chi connectivity index (χ4n) is 4.84. The van der Waals surface area contributed by atoms with E-state index in [9.17, 15) is 22.0 Å². The Morgan fingerprint density at radius 3 is 2.42 bits per heavy atom. The summed E-state index contributed by atoms with van der Waals surface area (Å²) in [5.41, 5.74) is 1.56. The van der Waals surface area contributed by atoms with Gasteiger partial charge in [0.2, 0.25) is 11.3 Å². The zero-order chi connectivity index (χ0) is 26.5. The third-order valence-electron chi connectivity index (χ3n) is 7.15. The van der Waals surface area contributed by atoms with Crippen LogP contribution in [0.15, 0.2) is 18.2 Å². The average Bonchev–Trinajstić information content (AvgIpc) is 3.52. The van der Waals surface area contributed by atoms with Gasteiger partial charge in [-0.3, -0.25) is 14.4 Å².